The molecule has 1 atom stereocenters. The Morgan fingerprint density at radius 1 is 1.19 bits per heavy atom. The van der Waals surface area contributed by atoms with Crippen molar-refractivity contribution in [1.82, 2.24) is 10.6 Å². The van der Waals surface area contributed by atoms with Crippen molar-refractivity contribution < 1.29 is 9.53 Å². The summed E-state index contributed by atoms with van der Waals surface area (Å²) in [5.74, 6) is 1.64. The zero-order valence-electron chi connectivity index (χ0n) is 15.9. The minimum Gasteiger partial charge on any atom is -0.489 e. The second kappa shape index (κ2) is 11.0. The van der Waals surface area contributed by atoms with Crippen LogP contribution in [-0.2, 0) is 17.9 Å². The van der Waals surface area contributed by atoms with Gasteiger partial charge in [-0.05, 0) is 62.0 Å². The summed E-state index contributed by atoms with van der Waals surface area (Å²) in [4.78, 5) is 12.0. The van der Waals surface area contributed by atoms with Gasteiger partial charge in [-0.1, -0.05) is 42.0 Å². The summed E-state index contributed by atoms with van der Waals surface area (Å²) in [6.45, 7) is 5.35. The highest BCUT2D eigenvalue weighted by Gasteiger charge is 2.15. The Hall–Kier alpha value is -2.04. The molecule has 1 saturated heterocycles. The molecule has 4 nitrogen and oxygen atoms in total. The minimum atomic E-state index is 0. The zero-order valence-corrected chi connectivity index (χ0v) is 16.7. The Bertz CT molecular complexity index is 713. The molecule has 1 unspecified atom stereocenters. The van der Waals surface area contributed by atoms with Gasteiger partial charge in [0.15, 0.2) is 0 Å². The molecule has 2 N–H and O–H groups in total. The van der Waals surface area contributed by atoms with E-state index in [1.165, 1.54) is 17.5 Å². The predicted molar refractivity (Wildman–Crippen MR) is 111 cm³/mol. The van der Waals surface area contributed by atoms with Gasteiger partial charge in [-0.3, -0.25) is 4.79 Å². The van der Waals surface area contributed by atoms with Crippen LogP contribution in [0.1, 0.15) is 36.0 Å². The highest BCUT2D eigenvalue weighted by Crippen LogP contribution is 2.16. The maximum absolute atomic E-state index is 12.0. The molecule has 0 spiro atoms. The fourth-order valence-electron chi connectivity index (χ4n) is 3.26. The van der Waals surface area contributed by atoms with Gasteiger partial charge in [0.05, 0.1) is 0 Å². The van der Waals surface area contributed by atoms with Crippen LogP contribution in [0.4, 0.5) is 0 Å². The van der Waals surface area contributed by atoms with E-state index in [4.69, 9.17) is 4.74 Å². The summed E-state index contributed by atoms with van der Waals surface area (Å²) < 4.78 is 5.83. The summed E-state index contributed by atoms with van der Waals surface area (Å²) in [5.41, 5.74) is 3.49. The normalized spacial score (nSPS) is 15.8. The molecule has 1 heterocycles. The number of nitrogens with one attached hydrogen (secondary N) is 2. The van der Waals surface area contributed by atoms with Gasteiger partial charge in [-0.15, -0.1) is 12.4 Å². The first-order valence-corrected chi connectivity index (χ1v) is 9.44. The van der Waals surface area contributed by atoms with Gasteiger partial charge in [0, 0.05) is 13.0 Å². The molecule has 1 aliphatic rings. The van der Waals surface area contributed by atoms with E-state index >= 15 is 0 Å². The van der Waals surface area contributed by atoms with Crippen LogP contribution in [0.2, 0.25) is 0 Å². The maximum Gasteiger partial charge on any atom is 0.220 e. The number of rotatable bonds is 8. The van der Waals surface area contributed by atoms with Crippen molar-refractivity contribution in [1.29, 1.82) is 0 Å². The number of carbonyl (C=O) groups excluding carboxylic acids is 1. The van der Waals surface area contributed by atoms with Gasteiger partial charge in [-0.2, -0.15) is 0 Å². The molecule has 2 aromatic rings. The van der Waals surface area contributed by atoms with Gasteiger partial charge in [0.1, 0.15) is 12.4 Å². The Morgan fingerprint density at radius 2 is 2.00 bits per heavy atom. The largest absolute Gasteiger partial charge is 0.489 e. The molecule has 0 saturated carbocycles. The molecule has 0 aromatic heterocycles. The Kier molecular flexibility index (Phi) is 8.62. The molecular weight excluding hydrogens is 360 g/mol. The van der Waals surface area contributed by atoms with Crippen molar-refractivity contribution in [3.05, 3.63) is 65.2 Å². The van der Waals surface area contributed by atoms with Crippen molar-refractivity contribution in [2.45, 2.75) is 39.3 Å². The van der Waals surface area contributed by atoms with Gasteiger partial charge >= 0.3 is 0 Å². The number of hydrogen-bond acceptors (Lipinski definition) is 3. The molecule has 146 valence electrons. The third-order valence-corrected chi connectivity index (χ3v) is 4.84. The van der Waals surface area contributed by atoms with Crippen LogP contribution in [0.15, 0.2) is 48.5 Å². The summed E-state index contributed by atoms with van der Waals surface area (Å²) in [7, 11) is 0. The number of hydrogen-bond donors (Lipinski definition) is 2. The lowest BCUT2D eigenvalue weighted by atomic mass is 10.0. The van der Waals surface area contributed by atoms with Crippen LogP contribution in [-0.4, -0.2) is 19.0 Å². The van der Waals surface area contributed by atoms with E-state index in [1.54, 1.807) is 0 Å². The Labute approximate surface area is 168 Å². The van der Waals surface area contributed by atoms with E-state index in [1.807, 2.05) is 30.3 Å². The molecule has 5 heteroatoms. The first kappa shape index (κ1) is 21.3. The smallest absolute Gasteiger partial charge is 0.220 e. The first-order valence-electron chi connectivity index (χ1n) is 9.44. The third-order valence-electron chi connectivity index (χ3n) is 4.84. The number of ether oxygens (including phenoxy) is 1. The van der Waals surface area contributed by atoms with Gasteiger partial charge < -0.3 is 15.4 Å². The average molecular weight is 389 g/mol. The molecule has 27 heavy (non-hydrogen) atoms. The number of halogens is 1. The van der Waals surface area contributed by atoms with E-state index in [0.717, 1.165) is 30.8 Å². The van der Waals surface area contributed by atoms with Crippen LogP contribution >= 0.6 is 12.4 Å². The summed E-state index contributed by atoms with van der Waals surface area (Å²) in [5, 5.41) is 6.35. The van der Waals surface area contributed by atoms with Gasteiger partial charge in [0.25, 0.3) is 0 Å². The molecule has 3 rings (SSSR count). The molecule has 0 bridgehead atoms. The molecule has 2 aromatic carbocycles. The van der Waals surface area contributed by atoms with Crippen molar-refractivity contribution in [3.8, 4) is 5.75 Å². The molecule has 1 amide bonds. The van der Waals surface area contributed by atoms with Crippen molar-refractivity contribution >= 4 is 18.3 Å². The summed E-state index contributed by atoms with van der Waals surface area (Å²) in [6, 6.07) is 16.3. The van der Waals surface area contributed by atoms with E-state index in [-0.39, 0.29) is 18.3 Å². The lowest BCUT2D eigenvalue weighted by Gasteiger charge is -2.10. The molecule has 0 aliphatic carbocycles. The van der Waals surface area contributed by atoms with Crippen LogP contribution in [0.3, 0.4) is 0 Å². The van der Waals surface area contributed by atoms with Crippen molar-refractivity contribution in [2.24, 2.45) is 5.92 Å². The van der Waals surface area contributed by atoms with Crippen LogP contribution in [0, 0.1) is 12.8 Å². The van der Waals surface area contributed by atoms with Crippen molar-refractivity contribution in [3.63, 3.8) is 0 Å². The lowest BCUT2D eigenvalue weighted by Crippen LogP contribution is -2.23. The minimum absolute atomic E-state index is 0. The number of aryl methyl sites for hydroxylation is 1. The topological polar surface area (TPSA) is 50.4 Å². The van der Waals surface area contributed by atoms with Gasteiger partial charge in [-0.25, -0.2) is 0 Å². The molecule has 1 fully saturated rings. The van der Waals surface area contributed by atoms with Gasteiger partial charge in [0.2, 0.25) is 5.91 Å². The summed E-state index contributed by atoms with van der Waals surface area (Å²) in [6.07, 6.45) is 2.78. The average Bonchev–Trinajstić information content (AvgIpc) is 3.17. The number of carbonyl (C=O) groups is 1. The quantitative estimate of drug-likeness (QED) is 0.718. The summed E-state index contributed by atoms with van der Waals surface area (Å²) >= 11 is 0. The van der Waals surface area contributed by atoms with Crippen LogP contribution in [0.25, 0.3) is 0 Å². The fraction of sp³-hybridized carbons (Fsp3) is 0.409. The predicted octanol–water partition coefficient (Wildman–Crippen LogP) is 4.00. The van der Waals surface area contributed by atoms with Crippen LogP contribution in [0.5, 0.6) is 5.75 Å². The zero-order chi connectivity index (χ0) is 18.2. The lowest BCUT2D eigenvalue weighted by molar-refractivity contribution is -0.121. The standard InChI is InChI=1S/C22H28N2O2.ClH/c1-17-3-2-4-20(13-17)16-26-21-8-5-18(6-9-21)15-24-22(25)10-7-19-11-12-23-14-19;/h2-6,8-9,13,19,23H,7,10-12,14-16H2,1H3,(H,24,25);1H. The second-order valence-corrected chi connectivity index (χ2v) is 7.10. The van der Waals surface area contributed by atoms with Crippen molar-refractivity contribution in [2.75, 3.05) is 13.1 Å². The first-order chi connectivity index (χ1) is 12.7. The van der Waals surface area contributed by atoms with E-state index < -0.39 is 0 Å². The number of amides is 1. The van der Waals surface area contributed by atoms with E-state index in [2.05, 4.69) is 35.8 Å². The number of benzene rings is 2. The highest BCUT2D eigenvalue weighted by molar-refractivity contribution is 5.85. The maximum atomic E-state index is 12.0. The molecular formula is C22H29ClN2O2. The SMILES string of the molecule is Cc1cccc(COc2ccc(CNC(=O)CCC3CCNC3)cc2)c1.Cl. The fourth-order valence-corrected chi connectivity index (χ4v) is 3.26. The molecule has 1 aliphatic heterocycles. The highest BCUT2D eigenvalue weighted by atomic mass is 35.5. The Balaban J connectivity index is 0.00000261. The molecule has 0 radical (unpaired) electrons. The van der Waals surface area contributed by atoms with Crippen LogP contribution < -0.4 is 15.4 Å². The third kappa shape index (κ3) is 7.24. The van der Waals surface area contributed by atoms with E-state index in [9.17, 15) is 4.79 Å². The van der Waals surface area contributed by atoms with E-state index in [0.29, 0.717) is 25.5 Å². The monoisotopic (exact) mass is 388 g/mol. The second-order valence-electron chi connectivity index (χ2n) is 7.10. The Morgan fingerprint density at radius 3 is 2.70 bits per heavy atom.